The fraction of sp³-hybridized carbons (Fsp3) is 0.452. The van der Waals surface area contributed by atoms with Crippen LogP contribution in [0.4, 0.5) is 8.78 Å². The Bertz CT molecular complexity index is 1150. The van der Waals surface area contributed by atoms with E-state index in [1.165, 1.54) is 34.4 Å². The van der Waals surface area contributed by atoms with Crippen LogP contribution in [-0.2, 0) is 11.2 Å². The molecule has 190 valence electrons. The highest BCUT2D eigenvalue weighted by Gasteiger charge is 2.32. The number of rotatable bonds is 7. The van der Waals surface area contributed by atoms with Gasteiger partial charge in [-0.1, -0.05) is 47.6 Å². The van der Waals surface area contributed by atoms with Crippen LogP contribution in [0.2, 0.25) is 0 Å². The number of carbonyl (C=O) groups is 1. The molecule has 0 radical (unpaired) electrons. The molecule has 0 spiro atoms. The van der Waals surface area contributed by atoms with Gasteiger partial charge in [0.2, 0.25) is 5.91 Å². The molecule has 2 aromatic carbocycles. The van der Waals surface area contributed by atoms with Crippen molar-refractivity contribution < 1.29 is 13.6 Å². The van der Waals surface area contributed by atoms with Crippen LogP contribution >= 0.6 is 0 Å². The molecule has 2 fully saturated rings. The van der Waals surface area contributed by atoms with Crippen molar-refractivity contribution in [1.82, 2.24) is 10.6 Å². The van der Waals surface area contributed by atoms with E-state index in [1.807, 2.05) is 0 Å². The van der Waals surface area contributed by atoms with Crippen molar-refractivity contribution in [3.8, 4) is 0 Å². The summed E-state index contributed by atoms with van der Waals surface area (Å²) >= 11 is 0. The standard InChI is InChI=1S/C31H36F2N2O/c1-20-15-23(28-7-3-2-5-21(28)11-14-35-31(36)22-9-10-22)6-4-8-27(20)30-19-34-13-12-29(30)24-16-25(32)18-26(33)17-24/h2-7,16-18,22-23,29-30,34H,8-15,19H2,1H3,(H,35,36). The quantitative estimate of drug-likeness (QED) is 0.455. The van der Waals surface area contributed by atoms with E-state index in [0.29, 0.717) is 6.54 Å². The minimum absolute atomic E-state index is 0.105. The van der Waals surface area contributed by atoms with Crippen LogP contribution < -0.4 is 10.6 Å². The highest BCUT2D eigenvalue weighted by molar-refractivity contribution is 5.80. The molecule has 3 nitrogen and oxygen atoms in total. The van der Waals surface area contributed by atoms with Crippen molar-refractivity contribution in [2.75, 3.05) is 19.6 Å². The molecule has 1 aliphatic heterocycles. The van der Waals surface area contributed by atoms with Gasteiger partial charge >= 0.3 is 0 Å². The molecule has 1 saturated heterocycles. The lowest BCUT2D eigenvalue weighted by Crippen LogP contribution is -2.36. The van der Waals surface area contributed by atoms with Gasteiger partial charge < -0.3 is 10.6 Å². The fourth-order valence-electron chi connectivity index (χ4n) is 6.09. The molecule has 5 heteroatoms. The smallest absolute Gasteiger partial charge is 0.223 e. The maximum Gasteiger partial charge on any atom is 0.223 e. The number of benzene rings is 2. The minimum Gasteiger partial charge on any atom is -0.356 e. The van der Waals surface area contributed by atoms with Gasteiger partial charge in [0.05, 0.1) is 0 Å². The average Bonchev–Trinajstić information content (AvgIpc) is 3.72. The molecule has 2 N–H and O–H groups in total. The van der Waals surface area contributed by atoms with Crippen molar-refractivity contribution in [2.24, 2.45) is 11.8 Å². The third kappa shape index (κ3) is 5.78. The van der Waals surface area contributed by atoms with Gasteiger partial charge in [-0.2, -0.15) is 0 Å². The highest BCUT2D eigenvalue weighted by atomic mass is 19.1. The van der Waals surface area contributed by atoms with E-state index >= 15 is 0 Å². The zero-order chi connectivity index (χ0) is 25.1. The van der Waals surface area contributed by atoms with Crippen LogP contribution in [-0.4, -0.2) is 25.5 Å². The summed E-state index contributed by atoms with van der Waals surface area (Å²) in [7, 11) is 0. The summed E-state index contributed by atoms with van der Waals surface area (Å²) < 4.78 is 28.1. The van der Waals surface area contributed by atoms with E-state index in [2.05, 4.69) is 54.0 Å². The summed E-state index contributed by atoms with van der Waals surface area (Å²) in [5.74, 6) is 0.0270. The molecule has 3 atom stereocenters. The number of allylic oxidation sites excluding steroid dienone is 3. The lowest BCUT2D eigenvalue weighted by Gasteiger charge is -2.35. The Hall–Kier alpha value is -2.79. The van der Waals surface area contributed by atoms with Crippen LogP contribution in [0.5, 0.6) is 0 Å². The first-order valence-electron chi connectivity index (χ1n) is 13.4. The second-order valence-corrected chi connectivity index (χ2v) is 10.7. The van der Waals surface area contributed by atoms with Gasteiger partial charge in [0, 0.05) is 31.0 Å². The second-order valence-electron chi connectivity index (χ2n) is 10.7. The summed E-state index contributed by atoms with van der Waals surface area (Å²) in [5.41, 5.74) is 6.14. The van der Waals surface area contributed by atoms with Crippen LogP contribution in [0.25, 0.3) is 0 Å². The first-order chi connectivity index (χ1) is 17.5. The lowest BCUT2D eigenvalue weighted by molar-refractivity contribution is -0.122. The van der Waals surface area contributed by atoms with Crippen molar-refractivity contribution in [3.63, 3.8) is 0 Å². The summed E-state index contributed by atoms with van der Waals surface area (Å²) in [4.78, 5) is 12.0. The molecule has 3 unspecified atom stereocenters. The minimum atomic E-state index is -0.501. The molecule has 1 saturated carbocycles. The molecule has 0 aromatic heterocycles. The summed E-state index contributed by atoms with van der Waals surface area (Å²) in [6.45, 7) is 4.58. The van der Waals surface area contributed by atoms with Crippen LogP contribution in [0.1, 0.15) is 67.6 Å². The van der Waals surface area contributed by atoms with Gasteiger partial charge in [-0.15, -0.1) is 0 Å². The molecule has 3 aliphatic rings. The third-order valence-corrected chi connectivity index (χ3v) is 8.12. The van der Waals surface area contributed by atoms with E-state index in [-0.39, 0.29) is 29.6 Å². The summed E-state index contributed by atoms with van der Waals surface area (Å²) in [5, 5.41) is 6.61. The first-order valence-corrected chi connectivity index (χ1v) is 13.4. The number of piperidine rings is 1. The van der Waals surface area contributed by atoms with E-state index in [1.54, 1.807) is 0 Å². The Balaban J connectivity index is 1.34. The number of amides is 1. The molecule has 5 rings (SSSR count). The van der Waals surface area contributed by atoms with Crippen molar-refractivity contribution in [2.45, 2.75) is 57.3 Å². The van der Waals surface area contributed by atoms with Gasteiger partial charge in [0.25, 0.3) is 0 Å². The average molecular weight is 491 g/mol. The van der Waals surface area contributed by atoms with E-state index in [9.17, 15) is 13.6 Å². The summed E-state index contributed by atoms with van der Waals surface area (Å²) in [6.07, 6.45) is 10.1. The normalized spacial score (nSPS) is 24.5. The molecule has 2 aliphatic carbocycles. The Kier molecular flexibility index (Phi) is 7.66. The zero-order valence-corrected chi connectivity index (χ0v) is 21.0. The highest BCUT2D eigenvalue weighted by Crippen LogP contribution is 2.41. The summed E-state index contributed by atoms with van der Waals surface area (Å²) in [6, 6.07) is 12.5. The predicted molar refractivity (Wildman–Crippen MR) is 140 cm³/mol. The van der Waals surface area contributed by atoms with Gasteiger partial charge in [0.1, 0.15) is 11.6 Å². The Morgan fingerprint density at radius 2 is 1.83 bits per heavy atom. The molecule has 36 heavy (non-hydrogen) atoms. The van der Waals surface area contributed by atoms with Crippen LogP contribution in [0.3, 0.4) is 0 Å². The lowest BCUT2D eigenvalue weighted by atomic mass is 9.74. The number of halogens is 2. The molecular weight excluding hydrogens is 454 g/mol. The Morgan fingerprint density at radius 1 is 1.06 bits per heavy atom. The van der Waals surface area contributed by atoms with Gasteiger partial charge in [-0.05, 0) is 92.7 Å². The third-order valence-electron chi connectivity index (χ3n) is 8.12. The maximum atomic E-state index is 14.0. The fourth-order valence-corrected chi connectivity index (χ4v) is 6.09. The molecule has 1 heterocycles. The molecular formula is C31H36F2N2O. The largest absolute Gasteiger partial charge is 0.356 e. The van der Waals surface area contributed by atoms with E-state index in [4.69, 9.17) is 0 Å². The maximum absolute atomic E-state index is 14.0. The first kappa shape index (κ1) is 24.9. The van der Waals surface area contributed by atoms with Crippen LogP contribution in [0, 0.1) is 23.5 Å². The van der Waals surface area contributed by atoms with Gasteiger partial charge in [0.15, 0.2) is 0 Å². The van der Waals surface area contributed by atoms with E-state index < -0.39 is 11.6 Å². The Morgan fingerprint density at radius 3 is 2.61 bits per heavy atom. The van der Waals surface area contributed by atoms with Crippen LogP contribution in [0.15, 0.2) is 65.8 Å². The topological polar surface area (TPSA) is 41.1 Å². The SMILES string of the molecule is CC1=C(C2CNCCC2c2cc(F)cc(F)c2)CC=CC(c2ccccc2CCNC(=O)C2CC2)C1. The van der Waals surface area contributed by atoms with Crippen molar-refractivity contribution >= 4 is 5.91 Å². The van der Waals surface area contributed by atoms with Crippen molar-refractivity contribution in [1.29, 1.82) is 0 Å². The zero-order valence-electron chi connectivity index (χ0n) is 21.0. The monoisotopic (exact) mass is 490 g/mol. The number of carbonyl (C=O) groups excluding carboxylic acids is 1. The number of hydrogen-bond donors (Lipinski definition) is 2. The molecule has 0 bridgehead atoms. The number of hydrogen-bond acceptors (Lipinski definition) is 2. The molecule has 2 aromatic rings. The van der Waals surface area contributed by atoms with Crippen molar-refractivity contribution in [3.05, 3.63) is 94.1 Å². The van der Waals surface area contributed by atoms with Gasteiger partial charge in [-0.3, -0.25) is 4.79 Å². The second kappa shape index (κ2) is 11.1. The number of nitrogens with one attached hydrogen (secondary N) is 2. The molecule has 1 amide bonds. The predicted octanol–water partition coefficient (Wildman–Crippen LogP) is 6.18. The Labute approximate surface area is 213 Å². The van der Waals surface area contributed by atoms with Gasteiger partial charge in [-0.25, -0.2) is 8.78 Å². The van der Waals surface area contributed by atoms with E-state index in [0.717, 1.165) is 63.2 Å².